The van der Waals surface area contributed by atoms with Crippen molar-refractivity contribution >= 4 is 43.5 Å². The van der Waals surface area contributed by atoms with Crippen LogP contribution in [0, 0.1) is 6.92 Å². The van der Waals surface area contributed by atoms with Gasteiger partial charge in [-0.2, -0.15) is 0 Å². The van der Waals surface area contributed by atoms with Crippen molar-refractivity contribution in [2.24, 2.45) is 0 Å². The third-order valence-corrected chi connectivity index (χ3v) is 7.40. The lowest BCUT2D eigenvalue weighted by atomic mass is 10.1. The van der Waals surface area contributed by atoms with Crippen molar-refractivity contribution in [2.75, 3.05) is 24.7 Å². The van der Waals surface area contributed by atoms with Gasteiger partial charge in [0.05, 0.1) is 11.5 Å². The normalized spacial score (nSPS) is 18.0. The highest BCUT2D eigenvalue weighted by molar-refractivity contribution is 7.91. The van der Waals surface area contributed by atoms with Gasteiger partial charge in [0.1, 0.15) is 5.58 Å². The molecule has 1 aliphatic rings. The maximum atomic E-state index is 12.6. The SMILES string of the molecule is CCN(C(=O)COC(=O)c1oc2c(ccc3ccccc32)c1C)C1CCS(=O)(=O)C1. The van der Waals surface area contributed by atoms with Crippen molar-refractivity contribution in [3.63, 3.8) is 0 Å². The van der Waals surface area contributed by atoms with Gasteiger partial charge in [0.2, 0.25) is 5.76 Å². The molecular formula is C22H23NO6S. The number of rotatable bonds is 5. The van der Waals surface area contributed by atoms with E-state index in [4.69, 9.17) is 9.15 Å². The molecule has 8 heteroatoms. The van der Waals surface area contributed by atoms with Crippen molar-refractivity contribution in [2.45, 2.75) is 26.3 Å². The summed E-state index contributed by atoms with van der Waals surface area (Å²) in [4.78, 5) is 26.7. The number of fused-ring (bicyclic) bond motifs is 3. The highest BCUT2D eigenvalue weighted by Gasteiger charge is 2.34. The molecule has 1 atom stereocenters. The van der Waals surface area contributed by atoms with E-state index in [1.165, 1.54) is 4.90 Å². The first-order valence-electron chi connectivity index (χ1n) is 9.88. The Morgan fingerprint density at radius 1 is 1.17 bits per heavy atom. The standard InChI is InChI=1S/C22H23NO6S/c1-3-23(16-10-11-30(26,27)13-16)19(24)12-28-22(25)20-14(2)17-9-8-15-6-4-5-7-18(15)21(17)29-20/h4-9,16H,3,10-13H2,1-2H3. The van der Waals surface area contributed by atoms with Crippen molar-refractivity contribution < 1.29 is 27.2 Å². The van der Waals surface area contributed by atoms with E-state index in [-0.39, 0.29) is 23.3 Å². The highest BCUT2D eigenvalue weighted by atomic mass is 32.2. The van der Waals surface area contributed by atoms with Crippen LogP contribution in [0.4, 0.5) is 0 Å². The summed E-state index contributed by atoms with van der Waals surface area (Å²) in [6.45, 7) is 3.45. The molecule has 7 nitrogen and oxygen atoms in total. The molecule has 3 aromatic rings. The van der Waals surface area contributed by atoms with Crippen LogP contribution in [0.5, 0.6) is 0 Å². The Bertz CT molecular complexity index is 1240. The number of benzene rings is 2. The summed E-state index contributed by atoms with van der Waals surface area (Å²) in [6, 6.07) is 11.2. The van der Waals surface area contributed by atoms with Gasteiger partial charge >= 0.3 is 5.97 Å². The van der Waals surface area contributed by atoms with Crippen LogP contribution in [0.15, 0.2) is 40.8 Å². The number of aryl methyl sites for hydroxylation is 1. The van der Waals surface area contributed by atoms with Gasteiger partial charge in [0.15, 0.2) is 16.4 Å². The molecular weight excluding hydrogens is 406 g/mol. The zero-order valence-electron chi connectivity index (χ0n) is 16.9. The van der Waals surface area contributed by atoms with Crippen LogP contribution in [-0.2, 0) is 19.4 Å². The lowest BCUT2D eigenvalue weighted by molar-refractivity contribution is -0.136. The largest absolute Gasteiger partial charge is 0.450 e. The van der Waals surface area contributed by atoms with Gasteiger partial charge in [0.25, 0.3) is 5.91 Å². The van der Waals surface area contributed by atoms with Crippen LogP contribution < -0.4 is 0 Å². The third-order valence-electron chi connectivity index (χ3n) is 5.65. The molecule has 158 valence electrons. The average Bonchev–Trinajstić information content (AvgIpc) is 3.26. The number of likely N-dealkylation sites (N-methyl/N-ethyl adjacent to an activating group) is 1. The second-order valence-electron chi connectivity index (χ2n) is 7.53. The second kappa shape index (κ2) is 7.75. The van der Waals surface area contributed by atoms with E-state index in [1.54, 1.807) is 13.8 Å². The fourth-order valence-electron chi connectivity index (χ4n) is 4.08. The van der Waals surface area contributed by atoms with Gasteiger partial charge < -0.3 is 14.1 Å². The maximum absolute atomic E-state index is 12.6. The van der Waals surface area contributed by atoms with E-state index < -0.39 is 28.3 Å². The Hall–Kier alpha value is -2.87. The predicted octanol–water partition coefficient (Wildman–Crippen LogP) is 3.09. The Labute approximate surface area is 174 Å². The number of ether oxygens (including phenoxy) is 1. The first-order chi connectivity index (χ1) is 14.3. The number of hydrogen-bond acceptors (Lipinski definition) is 6. The molecule has 0 saturated carbocycles. The summed E-state index contributed by atoms with van der Waals surface area (Å²) in [7, 11) is -3.11. The molecule has 1 aromatic heterocycles. The summed E-state index contributed by atoms with van der Waals surface area (Å²) >= 11 is 0. The van der Waals surface area contributed by atoms with Gasteiger partial charge in [0, 0.05) is 28.9 Å². The fourth-order valence-corrected chi connectivity index (χ4v) is 5.81. The monoisotopic (exact) mass is 429 g/mol. The maximum Gasteiger partial charge on any atom is 0.375 e. The molecule has 2 aromatic carbocycles. The summed E-state index contributed by atoms with van der Waals surface area (Å²) < 4.78 is 34.5. The highest BCUT2D eigenvalue weighted by Crippen LogP contribution is 2.32. The van der Waals surface area contributed by atoms with Crippen molar-refractivity contribution in [1.29, 1.82) is 0 Å². The summed E-state index contributed by atoms with van der Waals surface area (Å²) in [5.74, 6) is -1.02. The molecule has 2 heterocycles. The lowest BCUT2D eigenvalue weighted by Gasteiger charge is -2.26. The minimum Gasteiger partial charge on any atom is -0.450 e. The molecule has 0 aliphatic carbocycles. The number of hydrogen-bond donors (Lipinski definition) is 0. The number of carbonyl (C=O) groups is 2. The van der Waals surface area contributed by atoms with Gasteiger partial charge in [-0.1, -0.05) is 36.4 Å². The fraction of sp³-hybridized carbons (Fsp3) is 0.364. The molecule has 0 bridgehead atoms. The molecule has 0 radical (unpaired) electrons. The van der Waals surface area contributed by atoms with Gasteiger partial charge in [-0.15, -0.1) is 0 Å². The lowest BCUT2D eigenvalue weighted by Crippen LogP contribution is -2.43. The number of nitrogens with zero attached hydrogens (tertiary/aromatic N) is 1. The molecule has 30 heavy (non-hydrogen) atoms. The first-order valence-corrected chi connectivity index (χ1v) is 11.7. The summed E-state index contributed by atoms with van der Waals surface area (Å²) in [6.07, 6.45) is 0.408. The zero-order chi connectivity index (χ0) is 21.5. The average molecular weight is 429 g/mol. The van der Waals surface area contributed by atoms with E-state index in [2.05, 4.69) is 0 Å². The molecule has 1 unspecified atom stereocenters. The third kappa shape index (κ3) is 3.67. The smallest absolute Gasteiger partial charge is 0.375 e. The number of carbonyl (C=O) groups excluding carboxylic acids is 2. The van der Waals surface area contributed by atoms with Crippen molar-refractivity contribution in [1.82, 2.24) is 4.90 Å². The van der Waals surface area contributed by atoms with Crippen LogP contribution >= 0.6 is 0 Å². The summed E-state index contributed by atoms with van der Waals surface area (Å²) in [5, 5.41) is 2.71. The molecule has 1 amide bonds. The molecule has 1 fully saturated rings. The Morgan fingerprint density at radius 2 is 1.93 bits per heavy atom. The van der Waals surface area contributed by atoms with Crippen molar-refractivity contribution in [3.05, 3.63) is 47.7 Å². The van der Waals surface area contributed by atoms with Crippen LogP contribution in [0.2, 0.25) is 0 Å². The molecule has 1 saturated heterocycles. The number of amides is 1. The van der Waals surface area contributed by atoms with Gasteiger partial charge in [-0.25, -0.2) is 13.2 Å². The second-order valence-corrected chi connectivity index (χ2v) is 9.76. The van der Waals surface area contributed by atoms with E-state index in [9.17, 15) is 18.0 Å². The van der Waals surface area contributed by atoms with E-state index in [1.807, 2.05) is 36.4 Å². The Balaban J connectivity index is 1.51. The molecule has 0 N–H and O–H groups in total. The number of esters is 1. The molecule has 1 aliphatic heterocycles. The first kappa shape index (κ1) is 20.4. The zero-order valence-corrected chi connectivity index (χ0v) is 17.7. The number of sulfone groups is 1. The Morgan fingerprint density at radius 3 is 2.63 bits per heavy atom. The van der Waals surface area contributed by atoms with Crippen LogP contribution in [-0.4, -0.2) is 55.9 Å². The molecule has 0 spiro atoms. The quantitative estimate of drug-likeness (QED) is 0.579. The number of furan rings is 1. The van der Waals surface area contributed by atoms with E-state index in [0.29, 0.717) is 24.1 Å². The van der Waals surface area contributed by atoms with Gasteiger partial charge in [-0.3, -0.25) is 4.79 Å². The van der Waals surface area contributed by atoms with E-state index in [0.717, 1.165) is 16.2 Å². The minimum absolute atomic E-state index is 0.0454. The minimum atomic E-state index is -3.11. The predicted molar refractivity (Wildman–Crippen MR) is 113 cm³/mol. The van der Waals surface area contributed by atoms with Crippen molar-refractivity contribution in [3.8, 4) is 0 Å². The topological polar surface area (TPSA) is 93.9 Å². The van der Waals surface area contributed by atoms with Crippen LogP contribution in [0.1, 0.15) is 29.5 Å². The summed E-state index contributed by atoms with van der Waals surface area (Å²) in [5.41, 5.74) is 1.26. The van der Waals surface area contributed by atoms with E-state index >= 15 is 0 Å². The van der Waals surface area contributed by atoms with Crippen LogP contribution in [0.3, 0.4) is 0 Å². The Kier molecular flexibility index (Phi) is 5.27. The molecule has 4 rings (SSSR count). The van der Waals surface area contributed by atoms with Crippen LogP contribution in [0.25, 0.3) is 21.7 Å². The van der Waals surface area contributed by atoms with Gasteiger partial charge in [-0.05, 0) is 25.7 Å².